The van der Waals surface area contributed by atoms with Gasteiger partial charge < -0.3 is 14.0 Å². The molecule has 0 aromatic heterocycles. The van der Waals surface area contributed by atoms with Gasteiger partial charge in [-0.1, -0.05) is 36.4 Å². The van der Waals surface area contributed by atoms with Crippen molar-refractivity contribution in [1.29, 1.82) is 0 Å². The summed E-state index contributed by atoms with van der Waals surface area (Å²) in [5.41, 5.74) is 1.96. The van der Waals surface area contributed by atoms with Crippen LogP contribution in [-0.2, 0) is 11.3 Å². The molecule has 0 saturated carbocycles. The molecular formula is C28H30NO3+. The van der Waals surface area contributed by atoms with E-state index in [-0.39, 0.29) is 12.1 Å². The van der Waals surface area contributed by atoms with Crippen molar-refractivity contribution in [2.45, 2.75) is 50.4 Å². The third kappa shape index (κ3) is 4.28. The van der Waals surface area contributed by atoms with Crippen LogP contribution in [0.2, 0.25) is 0 Å². The summed E-state index contributed by atoms with van der Waals surface area (Å²) in [5, 5.41) is 0. The summed E-state index contributed by atoms with van der Waals surface area (Å²) >= 11 is 0. The van der Waals surface area contributed by atoms with Crippen LogP contribution in [0.15, 0.2) is 84.9 Å². The maximum Gasteiger partial charge on any atom is 0.338 e. The molecule has 164 valence electrons. The second kappa shape index (κ2) is 8.79. The predicted molar refractivity (Wildman–Crippen MR) is 125 cm³/mol. The normalized spacial score (nSPS) is 26.5. The first kappa shape index (κ1) is 20.8. The van der Waals surface area contributed by atoms with Crippen LogP contribution in [0, 0.1) is 0 Å². The standard InChI is InChI=1S/C28H30NO3/c1-29(20-21-12-16-26(17-13-21)31-25-10-6-3-7-11-25)23-14-15-24(29)19-27(18-23)32-28(30)22-8-4-2-5-9-22/h2-13,16-17,23-24,27H,14-15,18-20H2,1H3/q+1. The number of quaternary nitrogens is 1. The van der Waals surface area contributed by atoms with E-state index in [2.05, 4.69) is 31.3 Å². The van der Waals surface area contributed by atoms with E-state index < -0.39 is 0 Å². The maximum absolute atomic E-state index is 12.5. The Labute approximate surface area is 190 Å². The molecule has 32 heavy (non-hydrogen) atoms. The lowest BCUT2D eigenvalue weighted by Gasteiger charge is -2.46. The Morgan fingerprint density at radius 2 is 1.38 bits per heavy atom. The van der Waals surface area contributed by atoms with E-state index >= 15 is 0 Å². The molecule has 4 nitrogen and oxygen atoms in total. The fourth-order valence-electron chi connectivity index (χ4n) is 5.52. The van der Waals surface area contributed by atoms with Gasteiger partial charge in [0.25, 0.3) is 0 Å². The Kier molecular flexibility index (Phi) is 5.71. The number of hydrogen-bond donors (Lipinski definition) is 0. The van der Waals surface area contributed by atoms with E-state index in [1.165, 1.54) is 18.4 Å². The van der Waals surface area contributed by atoms with Gasteiger partial charge in [0, 0.05) is 31.2 Å². The lowest BCUT2D eigenvalue weighted by Crippen LogP contribution is -2.58. The molecule has 2 bridgehead atoms. The smallest absolute Gasteiger partial charge is 0.338 e. The topological polar surface area (TPSA) is 35.5 Å². The van der Waals surface area contributed by atoms with Crippen LogP contribution < -0.4 is 4.74 Å². The fourth-order valence-corrected chi connectivity index (χ4v) is 5.52. The molecule has 3 aromatic rings. The summed E-state index contributed by atoms with van der Waals surface area (Å²) in [6.07, 6.45) is 4.32. The number of piperidine rings is 1. The van der Waals surface area contributed by atoms with Crippen LogP contribution in [-0.4, -0.2) is 35.7 Å². The van der Waals surface area contributed by atoms with Gasteiger partial charge >= 0.3 is 5.97 Å². The van der Waals surface area contributed by atoms with Crippen molar-refractivity contribution in [1.82, 2.24) is 0 Å². The lowest BCUT2D eigenvalue weighted by atomic mass is 9.95. The quantitative estimate of drug-likeness (QED) is 0.358. The Hall–Kier alpha value is -3.11. The van der Waals surface area contributed by atoms with Gasteiger partial charge in [-0.05, 0) is 48.5 Å². The van der Waals surface area contributed by atoms with E-state index in [1.807, 2.05) is 60.7 Å². The van der Waals surface area contributed by atoms with Gasteiger partial charge in [-0.3, -0.25) is 0 Å². The zero-order chi connectivity index (χ0) is 22.0. The van der Waals surface area contributed by atoms with Gasteiger partial charge in [-0.25, -0.2) is 4.79 Å². The van der Waals surface area contributed by atoms with Gasteiger partial charge in [0.15, 0.2) is 0 Å². The van der Waals surface area contributed by atoms with Gasteiger partial charge in [-0.15, -0.1) is 0 Å². The SMILES string of the molecule is C[N+]1(Cc2ccc(Oc3ccccc3)cc2)C2CCC1CC(OC(=O)c1ccccc1)C2. The van der Waals surface area contributed by atoms with E-state index in [9.17, 15) is 4.79 Å². The Morgan fingerprint density at radius 3 is 2.00 bits per heavy atom. The highest BCUT2D eigenvalue weighted by Gasteiger charge is 2.52. The van der Waals surface area contributed by atoms with Crippen LogP contribution in [0.4, 0.5) is 0 Å². The average molecular weight is 429 g/mol. The summed E-state index contributed by atoms with van der Waals surface area (Å²) in [7, 11) is 2.38. The number of esters is 1. The maximum atomic E-state index is 12.5. The van der Waals surface area contributed by atoms with Crippen molar-refractivity contribution in [2.24, 2.45) is 0 Å². The Morgan fingerprint density at radius 1 is 0.812 bits per heavy atom. The van der Waals surface area contributed by atoms with Crippen LogP contribution in [0.3, 0.4) is 0 Å². The van der Waals surface area contributed by atoms with Gasteiger partial charge in [0.1, 0.15) is 24.1 Å². The van der Waals surface area contributed by atoms with Crippen molar-refractivity contribution in [3.63, 3.8) is 0 Å². The molecule has 5 rings (SSSR count). The predicted octanol–water partition coefficient (Wildman–Crippen LogP) is 5.98. The molecule has 2 heterocycles. The Bertz CT molecular complexity index is 1040. The van der Waals surface area contributed by atoms with E-state index in [0.717, 1.165) is 35.4 Å². The van der Waals surface area contributed by atoms with E-state index in [0.29, 0.717) is 17.6 Å². The first-order valence-electron chi connectivity index (χ1n) is 11.5. The number of hydrogen-bond acceptors (Lipinski definition) is 3. The molecule has 0 spiro atoms. The van der Waals surface area contributed by atoms with Crippen LogP contribution in [0.1, 0.15) is 41.6 Å². The monoisotopic (exact) mass is 428 g/mol. The van der Waals surface area contributed by atoms with Crippen molar-refractivity contribution in [3.8, 4) is 11.5 Å². The number of para-hydroxylation sites is 1. The lowest BCUT2D eigenvalue weighted by molar-refractivity contribution is -0.961. The molecule has 4 heteroatoms. The molecule has 0 aliphatic carbocycles. The number of ether oxygens (including phenoxy) is 2. The van der Waals surface area contributed by atoms with Crippen LogP contribution in [0.25, 0.3) is 0 Å². The third-order valence-corrected chi connectivity index (χ3v) is 7.28. The minimum Gasteiger partial charge on any atom is -0.458 e. The molecule has 2 atom stereocenters. The molecule has 0 N–H and O–H groups in total. The second-order valence-electron chi connectivity index (χ2n) is 9.31. The molecule has 0 radical (unpaired) electrons. The van der Waals surface area contributed by atoms with Crippen molar-refractivity contribution < 1.29 is 18.8 Å². The summed E-state index contributed by atoms with van der Waals surface area (Å²) < 4.78 is 12.9. The molecule has 3 aromatic carbocycles. The molecular weight excluding hydrogens is 398 g/mol. The zero-order valence-corrected chi connectivity index (χ0v) is 18.5. The highest BCUT2D eigenvalue weighted by atomic mass is 16.5. The summed E-state index contributed by atoms with van der Waals surface area (Å²) in [5.74, 6) is 1.52. The van der Waals surface area contributed by atoms with Gasteiger partial charge in [0.05, 0.1) is 24.7 Å². The molecule has 2 saturated heterocycles. The van der Waals surface area contributed by atoms with Crippen molar-refractivity contribution >= 4 is 5.97 Å². The highest BCUT2D eigenvalue weighted by Crippen LogP contribution is 2.43. The molecule has 0 amide bonds. The van der Waals surface area contributed by atoms with Gasteiger partial charge in [-0.2, -0.15) is 0 Å². The zero-order valence-electron chi connectivity index (χ0n) is 18.5. The fraction of sp³-hybridized carbons (Fsp3) is 0.321. The number of nitrogens with zero attached hydrogens (tertiary/aromatic N) is 1. The van der Waals surface area contributed by atoms with Gasteiger partial charge in [0.2, 0.25) is 0 Å². The molecule has 2 aliphatic heterocycles. The number of rotatable bonds is 6. The van der Waals surface area contributed by atoms with Crippen LogP contribution in [0.5, 0.6) is 11.5 Å². The van der Waals surface area contributed by atoms with Crippen LogP contribution >= 0.6 is 0 Å². The number of carbonyl (C=O) groups is 1. The molecule has 2 fully saturated rings. The minimum absolute atomic E-state index is 0.0213. The van der Waals surface area contributed by atoms with Crippen molar-refractivity contribution in [2.75, 3.05) is 7.05 Å². The number of carbonyl (C=O) groups excluding carboxylic acids is 1. The van der Waals surface area contributed by atoms with E-state index in [4.69, 9.17) is 9.47 Å². The summed E-state index contributed by atoms with van der Waals surface area (Å²) in [6, 6.07) is 28.7. The van der Waals surface area contributed by atoms with E-state index in [1.54, 1.807) is 0 Å². The first-order chi connectivity index (χ1) is 15.6. The number of fused-ring (bicyclic) bond motifs is 2. The summed E-state index contributed by atoms with van der Waals surface area (Å²) in [6.45, 7) is 1.00. The third-order valence-electron chi connectivity index (χ3n) is 7.28. The Balaban J connectivity index is 1.22. The molecule has 2 unspecified atom stereocenters. The highest BCUT2D eigenvalue weighted by molar-refractivity contribution is 5.89. The second-order valence-corrected chi connectivity index (χ2v) is 9.31. The first-order valence-corrected chi connectivity index (χ1v) is 11.5. The van der Waals surface area contributed by atoms with Crippen molar-refractivity contribution in [3.05, 3.63) is 96.1 Å². The largest absolute Gasteiger partial charge is 0.458 e. The molecule has 2 aliphatic rings. The number of benzene rings is 3. The average Bonchev–Trinajstić information content (AvgIpc) is 2.98. The summed E-state index contributed by atoms with van der Waals surface area (Å²) in [4.78, 5) is 12.5. The minimum atomic E-state index is -0.194.